The van der Waals surface area contributed by atoms with Gasteiger partial charge in [-0.15, -0.1) is 0 Å². The van der Waals surface area contributed by atoms with Crippen LogP contribution in [0.15, 0.2) is 4.21 Å². The van der Waals surface area contributed by atoms with Crippen LogP contribution >= 0.6 is 22.9 Å². The Balaban J connectivity index is 2.24. The van der Waals surface area contributed by atoms with Crippen molar-refractivity contribution in [1.82, 2.24) is 14.2 Å². The van der Waals surface area contributed by atoms with Gasteiger partial charge < -0.3 is 0 Å². The van der Waals surface area contributed by atoms with Gasteiger partial charge in [-0.1, -0.05) is 29.9 Å². The second-order valence-electron chi connectivity index (χ2n) is 4.68. The Labute approximate surface area is 123 Å². The average molecular weight is 324 g/mol. The number of aromatic nitrogens is 1. The number of piperazine rings is 1. The lowest BCUT2D eigenvalue weighted by Crippen LogP contribution is -2.53. The van der Waals surface area contributed by atoms with E-state index in [1.54, 1.807) is 11.2 Å². The van der Waals surface area contributed by atoms with Crippen molar-refractivity contribution in [3.63, 3.8) is 0 Å². The summed E-state index contributed by atoms with van der Waals surface area (Å²) in [6, 6.07) is 0.234. The van der Waals surface area contributed by atoms with Gasteiger partial charge in [-0.2, -0.15) is 4.31 Å². The van der Waals surface area contributed by atoms with Gasteiger partial charge in [0.05, 0.1) is 5.69 Å². The predicted octanol–water partition coefficient (Wildman–Crippen LogP) is 1.82. The molecule has 1 aromatic rings. The summed E-state index contributed by atoms with van der Waals surface area (Å²) in [4.78, 5) is 6.27. The molecule has 0 radical (unpaired) electrons. The van der Waals surface area contributed by atoms with Crippen LogP contribution in [-0.4, -0.2) is 54.8 Å². The molecular formula is C11H18ClN3O2S2. The minimum Gasteiger partial charge on any atom is -0.298 e. The summed E-state index contributed by atoms with van der Waals surface area (Å²) < 4.78 is 27.3. The van der Waals surface area contributed by atoms with E-state index in [0.29, 0.717) is 18.8 Å². The molecule has 1 aliphatic heterocycles. The molecule has 8 heteroatoms. The number of likely N-dealkylation sites (N-methyl/N-ethyl adjacent to an activating group) is 1. The van der Waals surface area contributed by atoms with Gasteiger partial charge in [-0.05, 0) is 20.4 Å². The van der Waals surface area contributed by atoms with Gasteiger partial charge in [-0.3, -0.25) is 4.90 Å². The summed E-state index contributed by atoms with van der Waals surface area (Å²) in [5.74, 6) is 0. The third-order valence-electron chi connectivity index (χ3n) is 3.44. The molecule has 0 saturated carbocycles. The topological polar surface area (TPSA) is 53.5 Å². The monoisotopic (exact) mass is 323 g/mol. The third-order valence-corrected chi connectivity index (χ3v) is 7.15. The van der Waals surface area contributed by atoms with Gasteiger partial charge in [-0.25, -0.2) is 13.4 Å². The van der Waals surface area contributed by atoms with E-state index in [9.17, 15) is 8.42 Å². The molecule has 1 aromatic heterocycles. The number of thiazole rings is 1. The molecule has 5 nitrogen and oxygen atoms in total. The van der Waals surface area contributed by atoms with Gasteiger partial charge in [0.25, 0.3) is 10.0 Å². The zero-order valence-corrected chi connectivity index (χ0v) is 13.6. The SMILES string of the molecule is CCN1CCN(S(=O)(=O)c2sc(Cl)nc2C)CC1C. The highest BCUT2D eigenvalue weighted by molar-refractivity contribution is 7.91. The van der Waals surface area contributed by atoms with E-state index >= 15 is 0 Å². The number of aryl methyl sites for hydroxylation is 1. The maximum absolute atomic E-state index is 12.6. The summed E-state index contributed by atoms with van der Waals surface area (Å²) in [6.07, 6.45) is 0. The summed E-state index contributed by atoms with van der Waals surface area (Å²) in [6.45, 7) is 8.58. The van der Waals surface area contributed by atoms with Crippen LogP contribution in [0.25, 0.3) is 0 Å². The van der Waals surface area contributed by atoms with Crippen molar-refractivity contribution in [2.45, 2.75) is 31.0 Å². The molecule has 0 spiro atoms. The molecule has 2 rings (SSSR count). The van der Waals surface area contributed by atoms with Crippen molar-refractivity contribution >= 4 is 33.0 Å². The first-order valence-electron chi connectivity index (χ1n) is 6.23. The highest BCUT2D eigenvalue weighted by atomic mass is 35.5. The Kier molecular flexibility index (Phi) is 4.52. The highest BCUT2D eigenvalue weighted by Crippen LogP contribution is 2.30. The van der Waals surface area contributed by atoms with E-state index in [4.69, 9.17) is 11.6 Å². The van der Waals surface area contributed by atoms with Crippen LogP contribution < -0.4 is 0 Å². The lowest BCUT2D eigenvalue weighted by molar-refractivity contribution is 0.136. The zero-order valence-electron chi connectivity index (χ0n) is 11.3. The van der Waals surface area contributed by atoms with Gasteiger partial charge in [0.1, 0.15) is 0 Å². The van der Waals surface area contributed by atoms with Crippen molar-refractivity contribution in [3.8, 4) is 0 Å². The quantitative estimate of drug-likeness (QED) is 0.851. The Morgan fingerprint density at radius 1 is 1.47 bits per heavy atom. The summed E-state index contributed by atoms with van der Waals surface area (Å²) >= 11 is 6.83. The molecule has 0 aromatic carbocycles. The minimum atomic E-state index is -3.46. The molecule has 108 valence electrons. The maximum Gasteiger partial charge on any atom is 0.254 e. The Bertz CT molecular complexity index is 558. The molecule has 1 atom stereocenters. The van der Waals surface area contributed by atoms with Gasteiger partial charge in [0, 0.05) is 25.7 Å². The lowest BCUT2D eigenvalue weighted by atomic mass is 10.2. The van der Waals surface area contributed by atoms with E-state index in [1.165, 1.54) is 0 Å². The second-order valence-corrected chi connectivity index (χ2v) is 8.39. The summed E-state index contributed by atoms with van der Waals surface area (Å²) in [5.41, 5.74) is 0.487. The average Bonchev–Trinajstić information content (AvgIpc) is 2.69. The molecule has 1 saturated heterocycles. The molecule has 1 aliphatic rings. The standard InChI is InChI=1S/C11H18ClN3O2S2/c1-4-14-5-6-15(7-8(14)2)19(16,17)10-9(3)13-11(12)18-10/h8H,4-7H2,1-3H3. The zero-order chi connectivity index (χ0) is 14.2. The molecule has 1 fully saturated rings. The molecule has 0 aliphatic carbocycles. The maximum atomic E-state index is 12.6. The highest BCUT2D eigenvalue weighted by Gasteiger charge is 2.34. The van der Waals surface area contributed by atoms with E-state index in [2.05, 4.69) is 23.7 Å². The molecular weight excluding hydrogens is 306 g/mol. The van der Waals surface area contributed by atoms with Crippen LogP contribution in [0.5, 0.6) is 0 Å². The molecule has 0 amide bonds. The summed E-state index contributed by atoms with van der Waals surface area (Å²) in [5, 5.41) is 0. The molecule has 1 unspecified atom stereocenters. The van der Waals surface area contributed by atoms with Crippen molar-refractivity contribution in [2.75, 3.05) is 26.2 Å². The molecule has 0 bridgehead atoms. The number of hydrogen-bond acceptors (Lipinski definition) is 5. The fourth-order valence-electron chi connectivity index (χ4n) is 2.36. The largest absolute Gasteiger partial charge is 0.298 e. The smallest absolute Gasteiger partial charge is 0.254 e. The first-order chi connectivity index (χ1) is 8.86. The van der Waals surface area contributed by atoms with Crippen LogP contribution in [0.2, 0.25) is 4.47 Å². The molecule has 19 heavy (non-hydrogen) atoms. The molecule has 0 N–H and O–H groups in total. The Morgan fingerprint density at radius 2 is 2.16 bits per heavy atom. The van der Waals surface area contributed by atoms with Crippen LogP contribution in [0, 0.1) is 6.92 Å². The number of rotatable bonds is 3. The Hall–Kier alpha value is -0.210. The number of nitrogens with zero attached hydrogens (tertiary/aromatic N) is 3. The van der Waals surface area contributed by atoms with Crippen LogP contribution in [-0.2, 0) is 10.0 Å². The van der Waals surface area contributed by atoms with Crippen LogP contribution in [0.1, 0.15) is 19.5 Å². The van der Waals surface area contributed by atoms with Crippen molar-refractivity contribution < 1.29 is 8.42 Å². The van der Waals surface area contributed by atoms with Crippen molar-refractivity contribution in [3.05, 3.63) is 10.2 Å². The van der Waals surface area contributed by atoms with E-state index < -0.39 is 10.0 Å². The van der Waals surface area contributed by atoms with E-state index in [-0.39, 0.29) is 14.7 Å². The summed E-state index contributed by atoms with van der Waals surface area (Å²) in [7, 11) is -3.46. The van der Waals surface area contributed by atoms with E-state index in [0.717, 1.165) is 24.4 Å². The van der Waals surface area contributed by atoms with Crippen LogP contribution in [0.3, 0.4) is 0 Å². The number of sulfonamides is 1. The van der Waals surface area contributed by atoms with Crippen molar-refractivity contribution in [2.24, 2.45) is 0 Å². The second kappa shape index (κ2) is 5.65. The number of hydrogen-bond donors (Lipinski definition) is 0. The minimum absolute atomic E-state index is 0.234. The van der Waals surface area contributed by atoms with E-state index in [1.807, 2.05) is 0 Å². The van der Waals surface area contributed by atoms with Gasteiger partial charge >= 0.3 is 0 Å². The third kappa shape index (κ3) is 2.95. The predicted molar refractivity (Wildman–Crippen MR) is 77.3 cm³/mol. The normalized spacial score (nSPS) is 22.8. The van der Waals surface area contributed by atoms with Crippen molar-refractivity contribution in [1.29, 1.82) is 0 Å². The van der Waals surface area contributed by atoms with Gasteiger partial charge in [0.15, 0.2) is 8.68 Å². The van der Waals surface area contributed by atoms with Crippen LogP contribution in [0.4, 0.5) is 0 Å². The fraction of sp³-hybridized carbons (Fsp3) is 0.727. The first-order valence-corrected chi connectivity index (χ1v) is 8.86. The van der Waals surface area contributed by atoms with Gasteiger partial charge in [0.2, 0.25) is 0 Å². The number of halogens is 1. The lowest BCUT2D eigenvalue weighted by Gasteiger charge is -2.38. The fourth-order valence-corrected chi connectivity index (χ4v) is 5.74. The molecule has 2 heterocycles. The first kappa shape index (κ1) is 15.2. The Morgan fingerprint density at radius 3 is 2.63 bits per heavy atom.